The first-order valence-corrected chi connectivity index (χ1v) is 10.2. The second-order valence-electron chi connectivity index (χ2n) is 7.29. The molecule has 1 amide bonds. The van der Waals surface area contributed by atoms with Crippen LogP contribution in [0.25, 0.3) is 0 Å². The molecule has 2 fully saturated rings. The fourth-order valence-corrected chi connectivity index (χ4v) is 4.61. The van der Waals surface area contributed by atoms with Gasteiger partial charge in [-0.25, -0.2) is 13.4 Å². The zero-order chi connectivity index (χ0) is 21.7. The van der Waals surface area contributed by atoms with Gasteiger partial charge in [-0.15, -0.1) is 13.2 Å². The van der Waals surface area contributed by atoms with E-state index in [1.165, 1.54) is 0 Å². The van der Waals surface area contributed by atoms with E-state index in [9.17, 15) is 26.4 Å². The van der Waals surface area contributed by atoms with E-state index in [2.05, 4.69) is 9.72 Å². The van der Waals surface area contributed by atoms with Gasteiger partial charge in [0, 0.05) is 19.3 Å². The number of halogens is 3. The minimum atomic E-state index is -4.89. The molecule has 1 aromatic heterocycles. The highest BCUT2D eigenvalue weighted by Gasteiger charge is 2.51. The van der Waals surface area contributed by atoms with Gasteiger partial charge in [0.05, 0.1) is 34.1 Å². The van der Waals surface area contributed by atoms with E-state index in [4.69, 9.17) is 10.5 Å². The predicted molar refractivity (Wildman–Crippen MR) is 96.4 cm³/mol. The number of aromatic nitrogens is 1. The summed E-state index contributed by atoms with van der Waals surface area (Å²) in [6.45, 7) is 2.26. The Balaban J connectivity index is 1.52. The lowest BCUT2D eigenvalue weighted by molar-refractivity contribution is -0.274. The van der Waals surface area contributed by atoms with Gasteiger partial charge < -0.3 is 20.1 Å². The number of carbonyl (C=O) groups is 1. The van der Waals surface area contributed by atoms with Crippen LogP contribution in [0, 0.1) is 5.41 Å². The van der Waals surface area contributed by atoms with Gasteiger partial charge in [-0.3, -0.25) is 4.79 Å². The van der Waals surface area contributed by atoms with Gasteiger partial charge in [-0.1, -0.05) is 0 Å². The van der Waals surface area contributed by atoms with E-state index in [0.29, 0.717) is 26.3 Å². The Morgan fingerprint density at radius 3 is 2.30 bits per heavy atom. The lowest BCUT2D eigenvalue weighted by Gasteiger charge is -2.54. The summed E-state index contributed by atoms with van der Waals surface area (Å²) < 4.78 is 71.1. The third-order valence-electron chi connectivity index (χ3n) is 4.93. The van der Waals surface area contributed by atoms with Crippen LogP contribution in [-0.2, 0) is 14.6 Å². The third kappa shape index (κ3) is 3.67. The molecule has 160 valence electrons. The van der Waals surface area contributed by atoms with Crippen molar-refractivity contribution in [1.29, 1.82) is 0 Å². The molecule has 30 heavy (non-hydrogen) atoms. The number of alkyl halides is 3. The number of carbonyl (C=O) groups excluding carboxylic acids is 1. The molecule has 8 nitrogen and oxygen atoms in total. The van der Waals surface area contributed by atoms with Crippen molar-refractivity contribution in [3.63, 3.8) is 0 Å². The maximum absolute atomic E-state index is 12.7. The molecule has 2 aliphatic rings. The second kappa shape index (κ2) is 6.84. The Kier molecular flexibility index (Phi) is 4.66. The highest BCUT2D eigenvalue weighted by molar-refractivity contribution is 7.91. The maximum atomic E-state index is 12.7. The summed E-state index contributed by atoms with van der Waals surface area (Å²) >= 11 is 0. The normalized spacial score (nSPS) is 17.9. The Labute approximate surface area is 169 Å². The molecule has 2 saturated heterocycles. The van der Waals surface area contributed by atoms with Gasteiger partial charge >= 0.3 is 6.36 Å². The van der Waals surface area contributed by atoms with Crippen LogP contribution in [-0.4, -0.2) is 56.9 Å². The molecule has 2 N–H and O–H groups in total. The third-order valence-corrected chi connectivity index (χ3v) is 6.67. The standard InChI is InChI=1S/C18H16F3N3O5S/c19-18(20,21)29-11-1-3-12(4-2-11)30(26,27)13-5-14(22)15(23-6-13)16(25)24-7-17(8-24)9-28-10-17/h1-6H,7-10,22H2. The molecule has 2 aliphatic heterocycles. The summed E-state index contributed by atoms with van der Waals surface area (Å²) in [7, 11) is -4.11. The summed E-state index contributed by atoms with van der Waals surface area (Å²) in [6, 6.07) is 4.84. The van der Waals surface area contributed by atoms with Gasteiger partial charge in [0.25, 0.3) is 5.91 Å². The van der Waals surface area contributed by atoms with Crippen LogP contribution in [0.15, 0.2) is 46.3 Å². The molecule has 2 aromatic rings. The van der Waals surface area contributed by atoms with Crippen molar-refractivity contribution in [2.75, 3.05) is 32.0 Å². The van der Waals surface area contributed by atoms with Crippen molar-refractivity contribution in [2.45, 2.75) is 16.2 Å². The van der Waals surface area contributed by atoms with E-state index in [1.54, 1.807) is 4.90 Å². The number of nitrogens with zero attached hydrogens (tertiary/aromatic N) is 2. The van der Waals surface area contributed by atoms with Crippen LogP contribution in [0.5, 0.6) is 5.75 Å². The van der Waals surface area contributed by atoms with Gasteiger partial charge in [-0.2, -0.15) is 0 Å². The summed E-state index contributed by atoms with van der Waals surface area (Å²) in [6.07, 6.45) is -3.88. The lowest BCUT2D eigenvalue weighted by atomic mass is 9.78. The first kappa shape index (κ1) is 20.4. The van der Waals surface area contributed by atoms with Crippen LogP contribution in [0.3, 0.4) is 0 Å². The molecule has 12 heteroatoms. The maximum Gasteiger partial charge on any atom is 0.573 e. The van der Waals surface area contributed by atoms with E-state index < -0.39 is 27.9 Å². The van der Waals surface area contributed by atoms with Crippen molar-refractivity contribution in [3.05, 3.63) is 42.2 Å². The molecule has 1 spiro atoms. The SMILES string of the molecule is Nc1cc(S(=O)(=O)c2ccc(OC(F)(F)F)cc2)cnc1C(=O)N1CC2(COC2)C1. The molecule has 3 heterocycles. The van der Waals surface area contributed by atoms with Crippen molar-refractivity contribution in [2.24, 2.45) is 5.41 Å². The molecule has 0 atom stereocenters. The number of hydrogen-bond donors (Lipinski definition) is 1. The molecule has 0 saturated carbocycles. The number of sulfone groups is 1. The number of nitrogens with two attached hydrogens (primary N) is 1. The molecule has 0 radical (unpaired) electrons. The molecular weight excluding hydrogens is 427 g/mol. The van der Waals surface area contributed by atoms with E-state index >= 15 is 0 Å². The quantitative estimate of drug-likeness (QED) is 0.768. The van der Waals surface area contributed by atoms with Gasteiger partial charge in [0.15, 0.2) is 5.69 Å². The Morgan fingerprint density at radius 1 is 1.17 bits per heavy atom. The topological polar surface area (TPSA) is 112 Å². The van der Waals surface area contributed by atoms with Crippen LogP contribution in [0.1, 0.15) is 10.5 Å². The largest absolute Gasteiger partial charge is 0.573 e. The number of benzene rings is 1. The van der Waals surface area contributed by atoms with Crippen molar-refractivity contribution in [1.82, 2.24) is 9.88 Å². The van der Waals surface area contributed by atoms with Crippen LogP contribution >= 0.6 is 0 Å². The van der Waals surface area contributed by atoms with E-state index in [0.717, 1.165) is 36.5 Å². The fraction of sp³-hybridized carbons (Fsp3) is 0.333. The second-order valence-corrected chi connectivity index (χ2v) is 9.24. The Morgan fingerprint density at radius 2 is 1.80 bits per heavy atom. The molecule has 1 aromatic carbocycles. The number of likely N-dealkylation sites (tertiary alicyclic amines) is 1. The number of nitrogen functional groups attached to an aromatic ring is 1. The summed E-state index contributed by atoms with van der Waals surface area (Å²) in [5.41, 5.74) is 5.72. The average molecular weight is 443 g/mol. The fourth-order valence-electron chi connectivity index (χ4n) is 3.37. The summed E-state index contributed by atoms with van der Waals surface area (Å²) in [5, 5.41) is 0. The van der Waals surface area contributed by atoms with Crippen molar-refractivity contribution in [3.8, 4) is 5.75 Å². The first-order valence-electron chi connectivity index (χ1n) is 8.73. The monoisotopic (exact) mass is 443 g/mol. The Hall–Kier alpha value is -2.86. The van der Waals surface area contributed by atoms with Crippen LogP contribution < -0.4 is 10.5 Å². The molecule has 0 bridgehead atoms. The van der Waals surface area contributed by atoms with Gasteiger partial charge in [0.2, 0.25) is 9.84 Å². The minimum absolute atomic E-state index is 0.00962. The number of hydrogen-bond acceptors (Lipinski definition) is 7. The first-order chi connectivity index (χ1) is 14.0. The van der Waals surface area contributed by atoms with Gasteiger partial charge in [0.1, 0.15) is 5.75 Å². The average Bonchev–Trinajstić information content (AvgIpc) is 2.58. The molecule has 0 unspecified atom stereocenters. The number of amides is 1. The van der Waals surface area contributed by atoms with Crippen LogP contribution in [0.2, 0.25) is 0 Å². The van der Waals surface area contributed by atoms with Crippen molar-refractivity contribution < 1.29 is 35.9 Å². The molecular formula is C18H16F3N3O5S. The Bertz CT molecular complexity index is 1090. The van der Waals surface area contributed by atoms with E-state index in [1.807, 2.05) is 0 Å². The van der Waals surface area contributed by atoms with E-state index in [-0.39, 0.29) is 26.6 Å². The number of pyridine rings is 1. The summed E-state index contributed by atoms with van der Waals surface area (Å²) in [5.74, 6) is -0.952. The van der Waals surface area contributed by atoms with Crippen molar-refractivity contribution >= 4 is 21.4 Å². The highest BCUT2D eigenvalue weighted by Crippen LogP contribution is 2.38. The number of ether oxygens (including phenoxy) is 2. The molecule has 4 rings (SSSR count). The zero-order valence-corrected chi connectivity index (χ0v) is 16.2. The smallest absolute Gasteiger partial charge is 0.406 e. The lowest BCUT2D eigenvalue weighted by Crippen LogP contribution is -2.67. The minimum Gasteiger partial charge on any atom is -0.406 e. The number of anilines is 1. The highest BCUT2D eigenvalue weighted by atomic mass is 32.2. The zero-order valence-electron chi connectivity index (χ0n) is 15.3. The van der Waals surface area contributed by atoms with Crippen LogP contribution in [0.4, 0.5) is 18.9 Å². The molecule has 0 aliphatic carbocycles. The summed E-state index contributed by atoms with van der Waals surface area (Å²) in [4.78, 5) is 17.5. The van der Waals surface area contributed by atoms with Gasteiger partial charge in [-0.05, 0) is 30.3 Å². The number of rotatable bonds is 4. The predicted octanol–water partition coefficient (Wildman–Crippen LogP) is 1.87.